The summed E-state index contributed by atoms with van der Waals surface area (Å²) in [7, 11) is 0. The fourth-order valence-electron chi connectivity index (χ4n) is 2.31. The number of nitrogen functional groups attached to an aromatic ring is 1. The van der Waals surface area contributed by atoms with Gasteiger partial charge in [0.05, 0.1) is 5.69 Å². The van der Waals surface area contributed by atoms with Gasteiger partial charge in [-0.15, -0.1) is 21.5 Å². The number of carbonyl (C=O) groups is 1. The van der Waals surface area contributed by atoms with Crippen LogP contribution in [0.3, 0.4) is 0 Å². The van der Waals surface area contributed by atoms with Crippen molar-refractivity contribution in [1.29, 1.82) is 0 Å². The average Bonchev–Trinajstić information content (AvgIpc) is 3.19. The van der Waals surface area contributed by atoms with E-state index in [1.54, 1.807) is 28.1 Å². The monoisotopic (exact) mass is 388 g/mol. The standard InChI is InChI=1S/C17H20N6OS2/c1-17(2,3)15-21-22-16(23(15)19)26-9-12-8-25-14(20-12)11-6-4-10(5-7-11)13(18)24/h4-8H,9,19H2,1-3H3,(H2,18,24). The van der Waals surface area contributed by atoms with Crippen LogP contribution in [-0.2, 0) is 11.2 Å². The molecule has 0 aliphatic rings. The number of aromatic nitrogens is 4. The zero-order chi connectivity index (χ0) is 18.9. The number of thioether (sulfide) groups is 1. The topological polar surface area (TPSA) is 113 Å². The van der Waals surface area contributed by atoms with Crippen molar-refractivity contribution in [3.8, 4) is 10.6 Å². The van der Waals surface area contributed by atoms with Crippen LogP contribution in [0.2, 0.25) is 0 Å². The second-order valence-electron chi connectivity index (χ2n) is 6.80. The highest BCUT2D eigenvalue weighted by molar-refractivity contribution is 7.98. The SMILES string of the molecule is CC(C)(C)c1nnc(SCc2csc(-c3ccc(C(N)=O)cc3)n2)n1N. The summed E-state index contributed by atoms with van der Waals surface area (Å²) in [5.41, 5.74) is 7.48. The molecule has 136 valence electrons. The van der Waals surface area contributed by atoms with Gasteiger partial charge in [-0.2, -0.15) is 0 Å². The van der Waals surface area contributed by atoms with Gasteiger partial charge in [-0.25, -0.2) is 9.66 Å². The van der Waals surface area contributed by atoms with Gasteiger partial charge in [0.1, 0.15) is 5.01 Å². The number of carbonyl (C=O) groups excluding carboxylic acids is 1. The van der Waals surface area contributed by atoms with E-state index in [1.165, 1.54) is 11.8 Å². The number of rotatable bonds is 5. The number of amides is 1. The van der Waals surface area contributed by atoms with Crippen LogP contribution in [0.1, 0.15) is 42.6 Å². The van der Waals surface area contributed by atoms with E-state index in [1.807, 2.05) is 38.3 Å². The Morgan fingerprint density at radius 2 is 1.92 bits per heavy atom. The van der Waals surface area contributed by atoms with Crippen LogP contribution in [0, 0.1) is 0 Å². The van der Waals surface area contributed by atoms with Gasteiger partial charge in [-0.3, -0.25) is 4.79 Å². The minimum Gasteiger partial charge on any atom is -0.366 e. The molecule has 2 aromatic heterocycles. The van der Waals surface area contributed by atoms with E-state index in [0.717, 1.165) is 22.1 Å². The molecule has 0 saturated carbocycles. The second kappa shape index (κ2) is 7.08. The predicted molar refractivity (Wildman–Crippen MR) is 105 cm³/mol. The maximum absolute atomic E-state index is 11.1. The molecule has 0 aliphatic heterocycles. The fraction of sp³-hybridized carbons (Fsp3) is 0.294. The van der Waals surface area contributed by atoms with E-state index in [9.17, 15) is 4.79 Å². The number of nitrogens with two attached hydrogens (primary N) is 2. The first kappa shape index (κ1) is 18.4. The molecule has 0 radical (unpaired) electrons. The van der Waals surface area contributed by atoms with Crippen LogP contribution in [0.25, 0.3) is 10.6 Å². The van der Waals surface area contributed by atoms with Crippen LogP contribution in [-0.4, -0.2) is 25.8 Å². The zero-order valence-corrected chi connectivity index (χ0v) is 16.4. The number of benzene rings is 1. The summed E-state index contributed by atoms with van der Waals surface area (Å²) in [4.78, 5) is 15.8. The van der Waals surface area contributed by atoms with Crippen molar-refractivity contribution in [2.24, 2.45) is 5.73 Å². The predicted octanol–water partition coefficient (Wildman–Crippen LogP) is 2.80. The van der Waals surface area contributed by atoms with E-state index in [4.69, 9.17) is 11.6 Å². The van der Waals surface area contributed by atoms with E-state index in [0.29, 0.717) is 16.5 Å². The molecule has 0 atom stereocenters. The van der Waals surface area contributed by atoms with Crippen molar-refractivity contribution in [3.05, 3.63) is 46.7 Å². The Morgan fingerprint density at radius 3 is 2.50 bits per heavy atom. The molecule has 1 aromatic carbocycles. The van der Waals surface area contributed by atoms with Gasteiger partial charge in [0.15, 0.2) is 5.82 Å². The first-order valence-corrected chi connectivity index (χ1v) is 9.80. The minimum atomic E-state index is -0.437. The van der Waals surface area contributed by atoms with Crippen molar-refractivity contribution in [1.82, 2.24) is 19.9 Å². The normalized spacial score (nSPS) is 11.7. The molecular weight excluding hydrogens is 368 g/mol. The lowest BCUT2D eigenvalue weighted by Gasteiger charge is -2.16. The molecule has 0 unspecified atom stereocenters. The smallest absolute Gasteiger partial charge is 0.248 e. The third-order valence-corrected chi connectivity index (χ3v) is 5.57. The zero-order valence-electron chi connectivity index (χ0n) is 14.8. The third-order valence-electron chi connectivity index (χ3n) is 3.65. The lowest BCUT2D eigenvalue weighted by atomic mass is 9.96. The third kappa shape index (κ3) is 3.88. The van der Waals surface area contributed by atoms with E-state index in [-0.39, 0.29) is 5.41 Å². The van der Waals surface area contributed by atoms with Gasteiger partial charge in [0.2, 0.25) is 11.1 Å². The lowest BCUT2D eigenvalue weighted by molar-refractivity contribution is 0.100. The first-order valence-electron chi connectivity index (χ1n) is 7.94. The molecule has 3 aromatic rings. The first-order chi connectivity index (χ1) is 12.3. The largest absolute Gasteiger partial charge is 0.366 e. The maximum Gasteiger partial charge on any atom is 0.248 e. The molecule has 0 fully saturated rings. The van der Waals surface area contributed by atoms with Crippen LogP contribution >= 0.6 is 23.1 Å². The van der Waals surface area contributed by atoms with Crippen molar-refractivity contribution >= 4 is 29.0 Å². The lowest BCUT2D eigenvalue weighted by Crippen LogP contribution is -2.24. The van der Waals surface area contributed by atoms with Crippen molar-refractivity contribution in [2.45, 2.75) is 37.1 Å². The van der Waals surface area contributed by atoms with Crippen molar-refractivity contribution < 1.29 is 4.79 Å². The highest BCUT2D eigenvalue weighted by atomic mass is 32.2. The number of thiazole rings is 1. The number of nitrogens with zero attached hydrogens (tertiary/aromatic N) is 4. The van der Waals surface area contributed by atoms with E-state index in [2.05, 4.69) is 15.2 Å². The Hall–Kier alpha value is -2.39. The number of primary amides is 1. The van der Waals surface area contributed by atoms with Crippen molar-refractivity contribution in [3.63, 3.8) is 0 Å². The van der Waals surface area contributed by atoms with Gasteiger partial charge < -0.3 is 11.6 Å². The minimum absolute atomic E-state index is 0.161. The van der Waals surface area contributed by atoms with Crippen LogP contribution in [0.5, 0.6) is 0 Å². The molecule has 9 heteroatoms. The van der Waals surface area contributed by atoms with Crippen LogP contribution in [0.4, 0.5) is 0 Å². The molecule has 26 heavy (non-hydrogen) atoms. The van der Waals surface area contributed by atoms with Gasteiger partial charge in [0, 0.05) is 27.7 Å². The molecule has 2 heterocycles. The quantitative estimate of drug-likeness (QED) is 0.513. The Morgan fingerprint density at radius 1 is 1.23 bits per heavy atom. The molecule has 0 bridgehead atoms. The van der Waals surface area contributed by atoms with E-state index < -0.39 is 5.91 Å². The highest BCUT2D eigenvalue weighted by Gasteiger charge is 2.23. The Bertz CT molecular complexity index is 924. The summed E-state index contributed by atoms with van der Waals surface area (Å²) in [6.45, 7) is 6.14. The van der Waals surface area contributed by atoms with Gasteiger partial charge in [-0.1, -0.05) is 44.7 Å². The highest BCUT2D eigenvalue weighted by Crippen LogP contribution is 2.28. The fourth-order valence-corrected chi connectivity index (χ4v) is 3.99. The Labute approximate surface area is 159 Å². The number of hydrogen-bond acceptors (Lipinski definition) is 7. The second-order valence-corrected chi connectivity index (χ2v) is 8.60. The number of hydrogen-bond donors (Lipinski definition) is 2. The molecule has 1 amide bonds. The van der Waals surface area contributed by atoms with Crippen molar-refractivity contribution in [2.75, 3.05) is 5.84 Å². The maximum atomic E-state index is 11.1. The summed E-state index contributed by atoms with van der Waals surface area (Å²) in [5, 5.41) is 11.9. The van der Waals surface area contributed by atoms with E-state index >= 15 is 0 Å². The van der Waals surface area contributed by atoms with Gasteiger partial charge >= 0.3 is 0 Å². The molecule has 3 rings (SSSR count). The summed E-state index contributed by atoms with van der Waals surface area (Å²) < 4.78 is 1.54. The molecular formula is C17H20N6OS2. The van der Waals surface area contributed by atoms with Crippen LogP contribution in [0.15, 0.2) is 34.8 Å². The molecule has 7 nitrogen and oxygen atoms in total. The molecule has 0 saturated heterocycles. The molecule has 4 N–H and O–H groups in total. The summed E-state index contributed by atoms with van der Waals surface area (Å²) in [6, 6.07) is 7.11. The van der Waals surface area contributed by atoms with Crippen LogP contribution < -0.4 is 11.6 Å². The summed E-state index contributed by atoms with van der Waals surface area (Å²) >= 11 is 3.05. The Balaban J connectivity index is 1.69. The molecule has 0 spiro atoms. The summed E-state index contributed by atoms with van der Waals surface area (Å²) in [5.74, 6) is 7.06. The summed E-state index contributed by atoms with van der Waals surface area (Å²) in [6.07, 6.45) is 0. The van der Waals surface area contributed by atoms with Gasteiger partial charge in [0.25, 0.3) is 0 Å². The molecule has 0 aliphatic carbocycles. The average molecular weight is 389 g/mol. The van der Waals surface area contributed by atoms with Gasteiger partial charge in [-0.05, 0) is 12.1 Å². The Kier molecular flexibility index (Phi) is 5.01.